The van der Waals surface area contributed by atoms with Crippen LogP contribution in [0, 0.1) is 0 Å². The Hall–Kier alpha value is -2.61. The van der Waals surface area contributed by atoms with Crippen LogP contribution in [0.1, 0.15) is 25.7 Å². The number of amides is 3. The van der Waals surface area contributed by atoms with Crippen LogP contribution in [0.15, 0.2) is 0 Å². The van der Waals surface area contributed by atoms with Crippen LogP contribution in [0.2, 0.25) is 0 Å². The quantitative estimate of drug-likeness (QED) is 0.0861. The lowest BCUT2D eigenvalue weighted by molar-refractivity contribution is -0.153. The second-order valence-electron chi connectivity index (χ2n) is 4.99. The summed E-state index contributed by atoms with van der Waals surface area (Å²) in [4.78, 5) is 57.5. The van der Waals surface area contributed by atoms with E-state index in [9.17, 15) is 24.0 Å². The lowest BCUT2D eigenvalue weighted by atomic mass is 10.1. The van der Waals surface area contributed by atoms with Crippen LogP contribution >= 0.6 is 0 Å². The third kappa shape index (κ3) is 9.63. The molecule has 0 spiro atoms. The van der Waals surface area contributed by atoms with E-state index >= 15 is 0 Å². The topological polar surface area (TPSA) is 195 Å². The molecule has 0 aromatic rings. The second kappa shape index (κ2) is 13.7. The molecule has 0 aliphatic rings. The first kappa shape index (κ1) is 23.4. The number of esters is 1. The number of hydroxylamine groups is 3. The van der Waals surface area contributed by atoms with E-state index < -0.39 is 36.3 Å². The highest BCUT2D eigenvalue weighted by Crippen LogP contribution is 2.12. The third-order valence-corrected chi connectivity index (χ3v) is 3.28. The van der Waals surface area contributed by atoms with Gasteiger partial charge in [-0.05, 0) is 6.42 Å². The molecule has 6 N–H and O–H groups in total. The Labute approximate surface area is 148 Å². The van der Waals surface area contributed by atoms with Crippen molar-refractivity contribution in [2.75, 3.05) is 19.7 Å². The molecule has 148 valence electrons. The smallest absolute Gasteiger partial charge is 0.323 e. The first-order valence-corrected chi connectivity index (χ1v) is 7.52. The zero-order chi connectivity index (χ0) is 19.9. The normalized spacial score (nSPS) is 11.4. The van der Waals surface area contributed by atoms with Gasteiger partial charge in [-0.2, -0.15) is 0 Å². The van der Waals surface area contributed by atoms with E-state index in [0.717, 1.165) is 0 Å². The number of rotatable bonds is 13. The Morgan fingerprint density at radius 1 is 0.885 bits per heavy atom. The Balaban J connectivity index is 5.22. The molecule has 13 heteroatoms. The molecule has 0 heterocycles. The molecule has 13 nitrogen and oxygen atoms in total. The molecule has 0 aromatic carbocycles. The van der Waals surface area contributed by atoms with Crippen LogP contribution in [0.3, 0.4) is 0 Å². The summed E-state index contributed by atoms with van der Waals surface area (Å²) in [5.74, 6) is -3.17. The van der Waals surface area contributed by atoms with Gasteiger partial charge in [0, 0.05) is 32.4 Å². The van der Waals surface area contributed by atoms with E-state index in [1.54, 1.807) is 0 Å². The SMILES string of the molecule is O=CCOC(=O)C(CCC(=O)NO)N(CCC(=O)NO)CCC(=O)NO. The number of aldehydes is 1. The summed E-state index contributed by atoms with van der Waals surface area (Å²) in [6, 6.07) is -1.12. The predicted molar refractivity (Wildman–Crippen MR) is 80.6 cm³/mol. The number of nitrogens with one attached hydrogen (secondary N) is 3. The average molecular weight is 378 g/mol. The molecule has 0 radical (unpaired) electrons. The minimum Gasteiger partial charge on any atom is -0.457 e. The molecule has 0 aromatic heterocycles. The minimum atomic E-state index is -1.12. The second-order valence-corrected chi connectivity index (χ2v) is 4.99. The van der Waals surface area contributed by atoms with Crippen LogP contribution in [0.4, 0.5) is 0 Å². The molecule has 0 saturated heterocycles. The zero-order valence-corrected chi connectivity index (χ0v) is 13.8. The fourth-order valence-electron chi connectivity index (χ4n) is 2.01. The summed E-state index contributed by atoms with van der Waals surface area (Å²) < 4.78 is 4.72. The number of hydrogen-bond donors (Lipinski definition) is 6. The highest BCUT2D eigenvalue weighted by atomic mass is 16.5. The van der Waals surface area contributed by atoms with Gasteiger partial charge in [0.25, 0.3) is 0 Å². The molecule has 0 aliphatic carbocycles. The van der Waals surface area contributed by atoms with E-state index in [-0.39, 0.29) is 38.8 Å². The number of hydrogen-bond acceptors (Lipinski definition) is 10. The fraction of sp³-hybridized carbons (Fsp3) is 0.615. The van der Waals surface area contributed by atoms with Crippen LogP contribution < -0.4 is 16.4 Å². The predicted octanol–water partition coefficient (Wildman–Crippen LogP) is -2.52. The molecular weight excluding hydrogens is 356 g/mol. The molecule has 1 atom stereocenters. The molecule has 26 heavy (non-hydrogen) atoms. The third-order valence-electron chi connectivity index (χ3n) is 3.28. The molecule has 0 bridgehead atoms. The lowest BCUT2D eigenvalue weighted by Gasteiger charge is -2.29. The Morgan fingerprint density at radius 3 is 1.77 bits per heavy atom. The van der Waals surface area contributed by atoms with Crippen molar-refractivity contribution in [2.24, 2.45) is 0 Å². The van der Waals surface area contributed by atoms with Crippen molar-refractivity contribution in [3.05, 3.63) is 0 Å². The van der Waals surface area contributed by atoms with Gasteiger partial charge >= 0.3 is 5.97 Å². The van der Waals surface area contributed by atoms with Gasteiger partial charge in [-0.3, -0.25) is 44.5 Å². The van der Waals surface area contributed by atoms with Crippen molar-refractivity contribution in [2.45, 2.75) is 31.7 Å². The summed E-state index contributed by atoms with van der Waals surface area (Å²) in [7, 11) is 0. The fourth-order valence-corrected chi connectivity index (χ4v) is 2.01. The van der Waals surface area contributed by atoms with Gasteiger partial charge in [-0.1, -0.05) is 0 Å². The monoisotopic (exact) mass is 378 g/mol. The van der Waals surface area contributed by atoms with Crippen molar-refractivity contribution in [3.63, 3.8) is 0 Å². The Morgan fingerprint density at radius 2 is 1.35 bits per heavy atom. The van der Waals surface area contributed by atoms with Gasteiger partial charge in [-0.15, -0.1) is 0 Å². The lowest BCUT2D eigenvalue weighted by Crippen LogP contribution is -2.46. The van der Waals surface area contributed by atoms with Crippen molar-refractivity contribution in [3.8, 4) is 0 Å². The van der Waals surface area contributed by atoms with Crippen LogP contribution in [0.25, 0.3) is 0 Å². The van der Waals surface area contributed by atoms with Gasteiger partial charge < -0.3 is 4.74 Å². The number of carbonyl (C=O) groups is 5. The molecule has 0 rings (SSSR count). The van der Waals surface area contributed by atoms with E-state index in [2.05, 4.69) is 0 Å². The van der Waals surface area contributed by atoms with E-state index in [0.29, 0.717) is 6.29 Å². The van der Waals surface area contributed by atoms with Gasteiger partial charge in [-0.25, -0.2) is 16.4 Å². The van der Waals surface area contributed by atoms with E-state index in [1.807, 2.05) is 0 Å². The Bertz CT molecular complexity index is 480. The number of nitrogens with zero attached hydrogens (tertiary/aromatic N) is 1. The maximum Gasteiger partial charge on any atom is 0.323 e. The largest absolute Gasteiger partial charge is 0.457 e. The molecule has 0 fully saturated rings. The van der Waals surface area contributed by atoms with Gasteiger partial charge in [0.15, 0.2) is 6.29 Å². The van der Waals surface area contributed by atoms with Crippen molar-refractivity contribution < 1.29 is 44.3 Å². The first-order valence-electron chi connectivity index (χ1n) is 7.52. The highest BCUT2D eigenvalue weighted by molar-refractivity contribution is 5.80. The molecular formula is C13H22N4O9. The zero-order valence-electron chi connectivity index (χ0n) is 13.8. The minimum absolute atomic E-state index is 0.104. The van der Waals surface area contributed by atoms with Gasteiger partial charge in [0.2, 0.25) is 17.7 Å². The van der Waals surface area contributed by atoms with Crippen molar-refractivity contribution in [1.82, 2.24) is 21.3 Å². The van der Waals surface area contributed by atoms with Crippen LogP contribution in [-0.2, 0) is 28.7 Å². The number of carbonyl (C=O) groups excluding carboxylic acids is 5. The maximum absolute atomic E-state index is 12.2. The molecule has 0 saturated carbocycles. The first-order chi connectivity index (χ1) is 12.4. The summed E-state index contributed by atoms with van der Waals surface area (Å²) in [6.07, 6.45) is -0.586. The summed E-state index contributed by atoms with van der Waals surface area (Å²) in [5, 5.41) is 25.6. The molecule has 1 unspecified atom stereocenters. The summed E-state index contributed by atoms with van der Waals surface area (Å²) in [6.45, 7) is -0.733. The van der Waals surface area contributed by atoms with Crippen molar-refractivity contribution >= 4 is 30.0 Å². The summed E-state index contributed by atoms with van der Waals surface area (Å²) >= 11 is 0. The van der Waals surface area contributed by atoms with Crippen LogP contribution in [-0.4, -0.2) is 76.2 Å². The average Bonchev–Trinajstić information content (AvgIpc) is 2.66. The van der Waals surface area contributed by atoms with Gasteiger partial charge in [0.1, 0.15) is 12.6 Å². The van der Waals surface area contributed by atoms with E-state index in [4.69, 9.17) is 20.4 Å². The van der Waals surface area contributed by atoms with E-state index in [1.165, 1.54) is 21.3 Å². The maximum atomic E-state index is 12.2. The van der Waals surface area contributed by atoms with Gasteiger partial charge in [0.05, 0.1) is 0 Å². The highest BCUT2D eigenvalue weighted by Gasteiger charge is 2.28. The van der Waals surface area contributed by atoms with Crippen LogP contribution in [0.5, 0.6) is 0 Å². The van der Waals surface area contributed by atoms with Crippen molar-refractivity contribution in [1.29, 1.82) is 0 Å². The standard InChI is InChI=1S/C13H22N4O9/c18-7-8-26-13(22)9(1-2-10(19)14-23)17(5-3-11(20)15-24)6-4-12(21)16-25/h7,9,23-25H,1-6,8H2,(H,14,19)(H,15,20)(H,16,21). The molecule has 3 amide bonds. The summed E-state index contributed by atoms with van der Waals surface area (Å²) in [5.41, 5.74) is 4.23. The Kier molecular flexibility index (Phi) is 12.3. The molecule has 0 aliphatic heterocycles. The number of ether oxygens (including phenoxy) is 1.